The van der Waals surface area contributed by atoms with Gasteiger partial charge in [-0.25, -0.2) is 0 Å². The van der Waals surface area contributed by atoms with Crippen LogP contribution in [0.2, 0.25) is 0 Å². The minimum atomic E-state index is -0.899. The van der Waals surface area contributed by atoms with Crippen molar-refractivity contribution < 1.29 is 19.7 Å². The quantitative estimate of drug-likeness (QED) is 0.301. The summed E-state index contributed by atoms with van der Waals surface area (Å²) in [5.74, 6) is 1.57. The van der Waals surface area contributed by atoms with Crippen molar-refractivity contribution in [3.05, 3.63) is 42.0 Å². The number of fused-ring (bicyclic) bond motifs is 1. The number of hydrogen-bond acceptors (Lipinski definition) is 6. The maximum absolute atomic E-state index is 13.5. The lowest BCUT2D eigenvalue weighted by molar-refractivity contribution is -0.133. The second-order valence-electron chi connectivity index (χ2n) is 10.9. The first-order valence-corrected chi connectivity index (χ1v) is 13.6. The molecule has 2 N–H and O–H groups in total. The number of hydrogen-bond donors (Lipinski definition) is 2. The summed E-state index contributed by atoms with van der Waals surface area (Å²) in [4.78, 5) is 19.7. The van der Waals surface area contributed by atoms with Gasteiger partial charge in [0.25, 0.3) is 0 Å². The second-order valence-corrected chi connectivity index (χ2v) is 10.9. The molecule has 0 aliphatic carbocycles. The Morgan fingerprint density at radius 1 is 1.28 bits per heavy atom. The molecule has 1 aromatic carbocycles. The Bertz CT molecular complexity index is 861. The maximum Gasteiger partial charge on any atom is 0.236 e. The molecule has 3 atom stereocenters. The van der Waals surface area contributed by atoms with Crippen LogP contribution in [0.3, 0.4) is 0 Å². The van der Waals surface area contributed by atoms with E-state index in [1.165, 1.54) is 11.1 Å². The molecule has 7 nitrogen and oxygen atoms in total. The minimum Gasteiger partial charge on any atom is -0.493 e. The number of aliphatic hydroxyl groups excluding tert-OH is 1. The number of amides is 1. The van der Waals surface area contributed by atoms with Crippen molar-refractivity contribution in [3.63, 3.8) is 0 Å². The molecular formula is C29H47N3O4. The molecule has 202 valence electrons. The average Bonchev–Trinajstić information content (AvgIpc) is 3.45. The third-order valence-corrected chi connectivity index (χ3v) is 7.98. The number of rotatable bonds is 14. The largest absolute Gasteiger partial charge is 0.493 e. The van der Waals surface area contributed by atoms with E-state index in [2.05, 4.69) is 42.7 Å². The molecule has 2 aliphatic heterocycles. The third kappa shape index (κ3) is 7.09. The van der Waals surface area contributed by atoms with E-state index in [4.69, 9.17) is 4.74 Å². The van der Waals surface area contributed by atoms with E-state index in [9.17, 15) is 15.0 Å². The van der Waals surface area contributed by atoms with Crippen LogP contribution in [-0.4, -0.2) is 95.6 Å². The van der Waals surface area contributed by atoms with E-state index >= 15 is 0 Å². The minimum absolute atomic E-state index is 0.0914. The van der Waals surface area contributed by atoms with Gasteiger partial charge in [-0.1, -0.05) is 31.6 Å². The van der Waals surface area contributed by atoms with Crippen LogP contribution in [0.4, 0.5) is 0 Å². The van der Waals surface area contributed by atoms with E-state index in [-0.39, 0.29) is 30.4 Å². The van der Waals surface area contributed by atoms with E-state index in [0.717, 1.165) is 57.7 Å². The Balaban J connectivity index is 1.82. The van der Waals surface area contributed by atoms with E-state index in [1.807, 2.05) is 16.8 Å². The van der Waals surface area contributed by atoms with Crippen molar-refractivity contribution in [3.8, 4) is 5.75 Å². The van der Waals surface area contributed by atoms with Crippen LogP contribution in [0, 0.1) is 5.92 Å². The summed E-state index contributed by atoms with van der Waals surface area (Å²) in [7, 11) is 1.94. The van der Waals surface area contributed by atoms with Crippen LogP contribution in [-0.2, 0) is 11.2 Å². The molecular weight excluding hydrogens is 454 g/mol. The smallest absolute Gasteiger partial charge is 0.236 e. The number of benzene rings is 1. The Kier molecular flexibility index (Phi) is 10.4. The van der Waals surface area contributed by atoms with E-state index in [0.29, 0.717) is 19.5 Å². The maximum atomic E-state index is 13.5. The average molecular weight is 502 g/mol. The Hall–Kier alpha value is -1.93. The number of likely N-dealkylation sites (tertiary alicyclic amines) is 1. The molecule has 0 saturated carbocycles. The number of carbonyl (C=O) groups is 1. The fraction of sp³-hybridized carbons (Fsp3) is 0.690. The third-order valence-electron chi connectivity index (χ3n) is 7.98. The van der Waals surface area contributed by atoms with Crippen LogP contribution in [0.25, 0.3) is 0 Å². The van der Waals surface area contributed by atoms with Gasteiger partial charge in [0.15, 0.2) is 0 Å². The standard InChI is InChI=1S/C29H47N3O4/c1-6-8-14-31(15-9-17-33)28(34)21-32-20-25(22-10-11-27-23(19-22)13-18-36-27)24(7-2)26(32)12-16-30(5)29(3,4)35/h7,10-11,19,24-26,33,35H,2,6,8-9,12-18,20-21H2,1,3-5H3/t24-,25-,26+/m1/s1. The van der Waals surface area contributed by atoms with Gasteiger partial charge in [0.05, 0.1) is 13.2 Å². The highest BCUT2D eigenvalue weighted by Crippen LogP contribution is 2.41. The first-order valence-electron chi connectivity index (χ1n) is 13.6. The lowest BCUT2D eigenvalue weighted by Crippen LogP contribution is -2.46. The van der Waals surface area contributed by atoms with Crippen LogP contribution < -0.4 is 4.74 Å². The summed E-state index contributed by atoms with van der Waals surface area (Å²) >= 11 is 0. The number of nitrogens with zero attached hydrogens (tertiary/aromatic N) is 3. The summed E-state index contributed by atoms with van der Waals surface area (Å²) in [5.41, 5.74) is 1.64. The summed E-state index contributed by atoms with van der Waals surface area (Å²) in [6.07, 6.45) is 6.43. The van der Waals surface area contributed by atoms with Gasteiger partial charge in [-0.15, -0.1) is 6.58 Å². The first-order chi connectivity index (χ1) is 17.2. The topological polar surface area (TPSA) is 76.5 Å². The predicted molar refractivity (Wildman–Crippen MR) is 144 cm³/mol. The van der Waals surface area contributed by atoms with Gasteiger partial charge >= 0.3 is 0 Å². The lowest BCUT2D eigenvalue weighted by Gasteiger charge is -2.34. The molecule has 1 amide bonds. The monoisotopic (exact) mass is 501 g/mol. The van der Waals surface area contributed by atoms with Crippen molar-refractivity contribution in [2.24, 2.45) is 5.92 Å². The van der Waals surface area contributed by atoms with E-state index in [1.54, 1.807) is 13.8 Å². The molecule has 3 rings (SSSR count). The van der Waals surface area contributed by atoms with Crippen molar-refractivity contribution in [2.45, 2.75) is 70.6 Å². The molecule has 1 aromatic rings. The van der Waals surface area contributed by atoms with Gasteiger partial charge in [-0.2, -0.15) is 0 Å². The van der Waals surface area contributed by atoms with Crippen molar-refractivity contribution in [1.29, 1.82) is 0 Å². The number of carbonyl (C=O) groups excluding carboxylic acids is 1. The number of aliphatic hydroxyl groups is 2. The molecule has 0 bridgehead atoms. The highest BCUT2D eigenvalue weighted by atomic mass is 16.5. The summed E-state index contributed by atoms with van der Waals surface area (Å²) in [5, 5.41) is 19.8. The van der Waals surface area contributed by atoms with Gasteiger partial charge in [0.2, 0.25) is 5.91 Å². The summed E-state index contributed by atoms with van der Waals surface area (Å²) < 4.78 is 5.72. The fourth-order valence-corrected chi connectivity index (χ4v) is 5.51. The van der Waals surface area contributed by atoms with Crippen molar-refractivity contribution in [2.75, 3.05) is 53.0 Å². The summed E-state index contributed by atoms with van der Waals surface area (Å²) in [6, 6.07) is 6.69. The second kappa shape index (κ2) is 13.0. The Morgan fingerprint density at radius 2 is 2.03 bits per heavy atom. The molecule has 2 aliphatic rings. The molecule has 2 heterocycles. The van der Waals surface area contributed by atoms with Gasteiger partial charge in [-0.05, 0) is 57.4 Å². The van der Waals surface area contributed by atoms with Crippen molar-refractivity contribution >= 4 is 5.91 Å². The summed E-state index contributed by atoms with van der Waals surface area (Å²) in [6.45, 7) is 14.0. The van der Waals surface area contributed by atoms with Crippen LogP contribution >= 0.6 is 0 Å². The SMILES string of the molecule is C=C[C@@H]1[C@@H](c2ccc3c(c2)CCO3)CN(CC(=O)N(CCCC)CCCO)[C@H]1CCN(C)C(C)(C)O. The Morgan fingerprint density at radius 3 is 2.69 bits per heavy atom. The zero-order valence-corrected chi connectivity index (χ0v) is 22.8. The molecule has 1 saturated heterocycles. The normalized spacial score (nSPS) is 22.0. The van der Waals surface area contributed by atoms with Crippen LogP contribution in [0.1, 0.15) is 63.5 Å². The highest BCUT2D eigenvalue weighted by molar-refractivity contribution is 5.78. The molecule has 0 unspecified atom stereocenters. The van der Waals surface area contributed by atoms with Crippen LogP contribution in [0.15, 0.2) is 30.9 Å². The number of ether oxygens (including phenoxy) is 1. The molecule has 7 heteroatoms. The van der Waals surface area contributed by atoms with E-state index < -0.39 is 5.72 Å². The highest BCUT2D eigenvalue weighted by Gasteiger charge is 2.42. The zero-order chi connectivity index (χ0) is 26.3. The zero-order valence-electron chi connectivity index (χ0n) is 22.8. The van der Waals surface area contributed by atoms with Crippen molar-refractivity contribution in [1.82, 2.24) is 14.7 Å². The Labute approximate surface area is 217 Å². The van der Waals surface area contributed by atoms with Crippen LogP contribution in [0.5, 0.6) is 5.75 Å². The van der Waals surface area contributed by atoms with Gasteiger partial charge < -0.3 is 19.8 Å². The molecule has 0 spiro atoms. The van der Waals surface area contributed by atoms with Gasteiger partial charge in [0.1, 0.15) is 11.5 Å². The lowest BCUT2D eigenvalue weighted by atomic mass is 9.83. The fourth-order valence-electron chi connectivity index (χ4n) is 5.51. The van der Waals surface area contributed by atoms with Gasteiger partial charge in [-0.3, -0.25) is 14.6 Å². The number of unbranched alkanes of at least 4 members (excludes halogenated alkanes) is 1. The molecule has 0 radical (unpaired) electrons. The first kappa shape index (κ1) is 28.6. The predicted octanol–water partition coefficient (Wildman–Crippen LogP) is 3.25. The molecule has 1 fully saturated rings. The molecule has 0 aromatic heterocycles. The van der Waals surface area contributed by atoms with Gasteiger partial charge in [0, 0.05) is 57.1 Å². The molecule has 36 heavy (non-hydrogen) atoms.